The zero-order valence-electron chi connectivity index (χ0n) is 8.97. The molecule has 0 aliphatic rings. The van der Waals surface area contributed by atoms with E-state index < -0.39 is 5.97 Å². The van der Waals surface area contributed by atoms with Crippen LogP contribution >= 0.6 is 0 Å². The molecule has 0 aliphatic carbocycles. The van der Waals surface area contributed by atoms with E-state index in [0.717, 1.165) is 5.56 Å². The molecule has 1 rings (SSSR count). The van der Waals surface area contributed by atoms with Crippen molar-refractivity contribution in [1.29, 1.82) is 0 Å². The number of esters is 1. The molecule has 0 radical (unpaired) electrons. The molecule has 5 heteroatoms. The van der Waals surface area contributed by atoms with Crippen LogP contribution < -0.4 is 0 Å². The average Bonchev–Trinajstić information content (AvgIpc) is 2.27. The van der Waals surface area contributed by atoms with Crippen molar-refractivity contribution in [1.82, 2.24) is 4.98 Å². The Balaban J connectivity index is 2.57. The lowest BCUT2D eigenvalue weighted by Crippen LogP contribution is -2.06. The highest BCUT2D eigenvalue weighted by Gasteiger charge is 2.07. The van der Waals surface area contributed by atoms with Crippen LogP contribution in [0.15, 0.2) is 18.3 Å². The summed E-state index contributed by atoms with van der Waals surface area (Å²) in [6.07, 6.45) is 2.13. The molecule has 0 fully saturated rings. The topological polar surface area (TPSA) is 76.5 Å². The SMILES string of the molecule is CCOC(=O)CCc1ccnc(C(=O)O)c1. The summed E-state index contributed by atoms with van der Waals surface area (Å²) in [4.78, 5) is 25.4. The standard InChI is InChI=1S/C11H13NO4/c1-2-16-10(13)4-3-8-5-6-12-9(7-8)11(14)15/h5-7H,2-4H2,1H3,(H,14,15). The lowest BCUT2D eigenvalue weighted by Gasteiger charge is -2.02. The van der Waals surface area contributed by atoms with Gasteiger partial charge in [-0.25, -0.2) is 9.78 Å². The van der Waals surface area contributed by atoms with Crippen molar-refractivity contribution in [3.05, 3.63) is 29.6 Å². The van der Waals surface area contributed by atoms with Gasteiger partial charge in [0.15, 0.2) is 0 Å². The maximum Gasteiger partial charge on any atom is 0.354 e. The first-order chi connectivity index (χ1) is 7.63. The summed E-state index contributed by atoms with van der Waals surface area (Å²) in [6.45, 7) is 2.10. The van der Waals surface area contributed by atoms with E-state index in [1.54, 1.807) is 13.0 Å². The normalized spacial score (nSPS) is 9.81. The number of carbonyl (C=O) groups is 2. The Hall–Kier alpha value is -1.91. The number of pyridine rings is 1. The smallest absolute Gasteiger partial charge is 0.354 e. The van der Waals surface area contributed by atoms with E-state index in [1.807, 2.05) is 0 Å². The van der Waals surface area contributed by atoms with Crippen LogP contribution in [0.3, 0.4) is 0 Å². The number of aromatic carboxylic acids is 1. The number of carbonyl (C=O) groups excluding carboxylic acids is 1. The molecule has 0 atom stereocenters. The predicted molar refractivity (Wildman–Crippen MR) is 56.2 cm³/mol. The van der Waals surface area contributed by atoms with Crippen LogP contribution in [0.1, 0.15) is 29.4 Å². The first kappa shape index (κ1) is 12.2. The molecule has 0 unspecified atom stereocenters. The zero-order valence-corrected chi connectivity index (χ0v) is 8.97. The van der Waals surface area contributed by atoms with Gasteiger partial charge in [-0.15, -0.1) is 0 Å². The molecule has 1 aromatic heterocycles. The number of hydrogen-bond donors (Lipinski definition) is 1. The van der Waals surface area contributed by atoms with Crippen LogP contribution in [-0.2, 0) is 16.0 Å². The van der Waals surface area contributed by atoms with Crippen molar-refractivity contribution in [2.24, 2.45) is 0 Å². The van der Waals surface area contributed by atoms with Gasteiger partial charge in [-0.1, -0.05) is 0 Å². The maximum atomic E-state index is 11.1. The van der Waals surface area contributed by atoms with E-state index in [9.17, 15) is 9.59 Å². The fourth-order valence-corrected chi connectivity index (χ4v) is 1.23. The Bertz CT molecular complexity index is 389. The van der Waals surface area contributed by atoms with Crippen molar-refractivity contribution in [2.45, 2.75) is 19.8 Å². The highest BCUT2D eigenvalue weighted by molar-refractivity contribution is 5.85. The molecule has 16 heavy (non-hydrogen) atoms. The van der Waals surface area contributed by atoms with E-state index in [-0.39, 0.29) is 18.1 Å². The van der Waals surface area contributed by atoms with Crippen molar-refractivity contribution in [3.8, 4) is 0 Å². The molecule has 1 heterocycles. The molecule has 0 bridgehead atoms. The zero-order chi connectivity index (χ0) is 12.0. The van der Waals surface area contributed by atoms with E-state index in [0.29, 0.717) is 13.0 Å². The predicted octanol–water partition coefficient (Wildman–Crippen LogP) is 1.28. The molecular weight excluding hydrogens is 210 g/mol. The minimum atomic E-state index is -1.07. The summed E-state index contributed by atoms with van der Waals surface area (Å²) >= 11 is 0. The van der Waals surface area contributed by atoms with Crippen molar-refractivity contribution >= 4 is 11.9 Å². The van der Waals surface area contributed by atoms with Gasteiger partial charge in [-0.2, -0.15) is 0 Å². The van der Waals surface area contributed by atoms with Gasteiger partial charge in [0.2, 0.25) is 0 Å². The van der Waals surface area contributed by atoms with Gasteiger partial charge in [-0.05, 0) is 31.0 Å². The number of aromatic nitrogens is 1. The van der Waals surface area contributed by atoms with E-state index in [2.05, 4.69) is 4.98 Å². The maximum absolute atomic E-state index is 11.1. The molecular formula is C11H13NO4. The molecule has 0 saturated carbocycles. The Morgan fingerprint density at radius 3 is 2.88 bits per heavy atom. The molecule has 0 saturated heterocycles. The van der Waals surface area contributed by atoms with Gasteiger partial charge < -0.3 is 9.84 Å². The highest BCUT2D eigenvalue weighted by Crippen LogP contribution is 2.05. The van der Waals surface area contributed by atoms with Crippen LogP contribution in [0.5, 0.6) is 0 Å². The summed E-state index contributed by atoms with van der Waals surface area (Å²) in [5, 5.41) is 8.72. The summed E-state index contributed by atoms with van der Waals surface area (Å²) in [5.74, 6) is -1.35. The minimum absolute atomic E-state index is 0.0126. The first-order valence-electron chi connectivity index (χ1n) is 4.97. The number of carboxylic acid groups (broad SMARTS) is 1. The fourth-order valence-electron chi connectivity index (χ4n) is 1.23. The molecule has 0 amide bonds. The van der Waals surface area contributed by atoms with Gasteiger partial charge in [-0.3, -0.25) is 4.79 Å². The Kier molecular flexibility index (Phi) is 4.44. The van der Waals surface area contributed by atoms with Crippen LogP contribution in [0.4, 0.5) is 0 Å². The lowest BCUT2D eigenvalue weighted by molar-refractivity contribution is -0.143. The Morgan fingerprint density at radius 2 is 2.25 bits per heavy atom. The number of carboxylic acids is 1. The number of aryl methyl sites for hydroxylation is 1. The van der Waals surface area contributed by atoms with Gasteiger partial charge in [0.1, 0.15) is 5.69 Å². The molecule has 86 valence electrons. The van der Waals surface area contributed by atoms with Gasteiger partial charge in [0, 0.05) is 12.6 Å². The highest BCUT2D eigenvalue weighted by atomic mass is 16.5. The second kappa shape index (κ2) is 5.85. The third-order valence-corrected chi connectivity index (χ3v) is 1.97. The van der Waals surface area contributed by atoms with E-state index in [1.165, 1.54) is 12.3 Å². The van der Waals surface area contributed by atoms with Crippen LogP contribution in [-0.4, -0.2) is 28.6 Å². The largest absolute Gasteiger partial charge is 0.477 e. The number of nitrogens with zero attached hydrogens (tertiary/aromatic N) is 1. The van der Waals surface area contributed by atoms with Crippen molar-refractivity contribution < 1.29 is 19.4 Å². The second-order valence-electron chi connectivity index (χ2n) is 3.16. The molecule has 1 aromatic rings. The Morgan fingerprint density at radius 1 is 1.50 bits per heavy atom. The van der Waals surface area contributed by atoms with Gasteiger partial charge in [0.25, 0.3) is 0 Å². The third kappa shape index (κ3) is 3.68. The monoisotopic (exact) mass is 223 g/mol. The van der Waals surface area contributed by atoms with E-state index >= 15 is 0 Å². The molecule has 5 nitrogen and oxygen atoms in total. The van der Waals surface area contributed by atoms with Crippen LogP contribution in [0.2, 0.25) is 0 Å². The minimum Gasteiger partial charge on any atom is -0.477 e. The first-order valence-corrected chi connectivity index (χ1v) is 4.97. The fraction of sp³-hybridized carbons (Fsp3) is 0.364. The summed E-state index contributed by atoms with van der Waals surface area (Å²) in [6, 6.07) is 3.15. The summed E-state index contributed by atoms with van der Waals surface area (Å²) < 4.78 is 4.77. The quantitative estimate of drug-likeness (QED) is 0.761. The number of ether oxygens (including phenoxy) is 1. The van der Waals surface area contributed by atoms with Crippen LogP contribution in [0.25, 0.3) is 0 Å². The summed E-state index contributed by atoms with van der Waals surface area (Å²) in [7, 11) is 0. The second-order valence-corrected chi connectivity index (χ2v) is 3.16. The molecule has 1 N–H and O–H groups in total. The lowest BCUT2D eigenvalue weighted by atomic mass is 10.1. The Labute approximate surface area is 93.1 Å². The van der Waals surface area contributed by atoms with Crippen LogP contribution in [0, 0.1) is 0 Å². The number of rotatable bonds is 5. The van der Waals surface area contributed by atoms with Crippen molar-refractivity contribution in [2.75, 3.05) is 6.61 Å². The average molecular weight is 223 g/mol. The van der Waals surface area contributed by atoms with Gasteiger partial charge >= 0.3 is 11.9 Å². The van der Waals surface area contributed by atoms with Gasteiger partial charge in [0.05, 0.1) is 6.61 Å². The number of hydrogen-bond acceptors (Lipinski definition) is 4. The molecule has 0 spiro atoms. The van der Waals surface area contributed by atoms with E-state index in [4.69, 9.17) is 9.84 Å². The molecule has 0 aromatic carbocycles. The van der Waals surface area contributed by atoms with Crippen molar-refractivity contribution in [3.63, 3.8) is 0 Å². The molecule has 0 aliphatic heterocycles. The summed E-state index contributed by atoms with van der Waals surface area (Å²) in [5.41, 5.74) is 0.752. The third-order valence-electron chi connectivity index (χ3n) is 1.97.